The number of carbonyl (C=O) groups is 4. The third kappa shape index (κ3) is 13.7. The first-order valence-electron chi connectivity index (χ1n) is 11.1. The van der Waals surface area contributed by atoms with Crippen LogP contribution in [0.25, 0.3) is 0 Å². The van der Waals surface area contributed by atoms with Crippen molar-refractivity contribution in [3.8, 4) is 0 Å². The molecule has 0 spiro atoms. The van der Waals surface area contributed by atoms with Crippen molar-refractivity contribution in [2.45, 2.75) is 32.1 Å². The number of carbonyl (C=O) groups excluding carboxylic acids is 2. The average Bonchev–Trinajstić information content (AvgIpc) is 2.88. The minimum Gasteiger partial charge on any atom is -0.480 e. The molecule has 0 fully saturated rings. The molecule has 0 saturated carbocycles. The number of amides is 2. The van der Waals surface area contributed by atoms with Crippen molar-refractivity contribution >= 4 is 30.1 Å². The summed E-state index contributed by atoms with van der Waals surface area (Å²) in [5, 5.41) is 26.6. The zero-order chi connectivity index (χ0) is 27.6. The number of carboxylic acid groups (broad SMARTS) is 2. The second-order valence-electron chi connectivity index (χ2n) is 7.49. The van der Waals surface area contributed by atoms with Crippen molar-refractivity contribution in [1.29, 1.82) is 5.41 Å². The van der Waals surface area contributed by atoms with Crippen molar-refractivity contribution in [2.75, 3.05) is 13.1 Å². The summed E-state index contributed by atoms with van der Waals surface area (Å²) in [6.45, 7) is -0.527. The lowest BCUT2D eigenvalue weighted by Gasteiger charge is -2.18. The van der Waals surface area contributed by atoms with Gasteiger partial charge in [0.05, 0.1) is 0 Å². The van der Waals surface area contributed by atoms with Gasteiger partial charge in [-0.3, -0.25) is 15.0 Å². The van der Waals surface area contributed by atoms with Crippen LogP contribution in [0, 0.1) is 5.41 Å². The highest BCUT2D eigenvalue weighted by Gasteiger charge is 2.27. The van der Waals surface area contributed by atoms with Gasteiger partial charge in [0.15, 0.2) is 5.96 Å². The number of nitrogens with one attached hydrogen (secondary N) is 2. The minimum atomic E-state index is -1.35. The number of hydrogen-bond acceptors (Lipinski definition) is 8. The maximum atomic E-state index is 12.0. The predicted molar refractivity (Wildman–Crippen MR) is 132 cm³/mol. The number of benzene rings is 2. The zero-order valence-corrected chi connectivity index (χ0v) is 20.0. The molecular formula is C24H31N5O8. The van der Waals surface area contributed by atoms with Crippen LogP contribution < -0.4 is 16.8 Å². The molecule has 200 valence electrons. The molecule has 13 heteroatoms. The van der Waals surface area contributed by atoms with Crippen LogP contribution in [0.5, 0.6) is 0 Å². The van der Waals surface area contributed by atoms with Gasteiger partial charge in [0.1, 0.15) is 25.8 Å². The molecule has 0 heterocycles. The Labute approximate surface area is 213 Å². The summed E-state index contributed by atoms with van der Waals surface area (Å²) in [4.78, 5) is 45.6. The molecule has 2 amide bonds. The predicted octanol–water partition coefficient (Wildman–Crippen LogP) is 1.71. The highest BCUT2D eigenvalue weighted by molar-refractivity contribution is 5.91. The Balaban J connectivity index is 0.000000482. The Bertz CT molecular complexity index is 965. The molecule has 0 radical (unpaired) electrons. The monoisotopic (exact) mass is 517 g/mol. The third-order valence-corrected chi connectivity index (χ3v) is 4.47. The molecule has 0 aromatic heterocycles. The normalized spacial score (nSPS) is 10.6. The van der Waals surface area contributed by atoms with E-state index in [0.717, 1.165) is 0 Å². The molecule has 2 rings (SSSR count). The van der Waals surface area contributed by atoms with E-state index >= 15 is 0 Å². The lowest BCUT2D eigenvalue weighted by atomic mass is 10.2. The van der Waals surface area contributed by atoms with Gasteiger partial charge in [0.2, 0.25) is 0 Å². The lowest BCUT2D eigenvalue weighted by molar-refractivity contribution is -0.139. The molecular weight excluding hydrogens is 486 g/mol. The molecule has 0 saturated heterocycles. The number of carboxylic acids is 2. The maximum Gasteiger partial charge on any atom is 0.420 e. The van der Waals surface area contributed by atoms with Crippen LogP contribution in [0.1, 0.15) is 24.0 Å². The fraction of sp³-hybridized carbons (Fsp3) is 0.292. The highest BCUT2D eigenvalue weighted by Crippen LogP contribution is 2.07. The van der Waals surface area contributed by atoms with Crippen molar-refractivity contribution < 1.29 is 38.9 Å². The van der Waals surface area contributed by atoms with Gasteiger partial charge in [-0.15, -0.1) is 0 Å². The number of hydrogen-bond donors (Lipinski definition) is 6. The van der Waals surface area contributed by atoms with Gasteiger partial charge in [-0.1, -0.05) is 60.7 Å². The van der Waals surface area contributed by atoms with E-state index in [9.17, 15) is 19.2 Å². The van der Waals surface area contributed by atoms with Crippen LogP contribution in [0.4, 0.5) is 9.59 Å². The molecule has 2 aromatic carbocycles. The van der Waals surface area contributed by atoms with Gasteiger partial charge in [-0.25, -0.2) is 14.5 Å². The van der Waals surface area contributed by atoms with Crippen LogP contribution in [0.15, 0.2) is 60.7 Å². The van der Waals surface area contributed by atoms with E-state index in [1.54, 1.807) is 48.5 Å². The minimum absolute atomic E-state index is 0.0816. The number of ether oxygens (including phenoxy) is 2. The highest BCUT2D eigenvalue weighted by atomic mass is 16.6. The molecule has 13 nitrogen and oxygen atoms in total. The summed E-state index contributed by atoms with van der Waals surface area (Å²) >= 11 is 0. The Morgan fingerprint density at radius 2 is 1.35 bits per heavy atom. The summed E-state index contributed by atoms with van der Waals surface area (Å²) in [5.41, 5.74) is 11.6. The van der Waals surface area contributed by atoms with Crippen molar-refractivity contribution in [2.24, 2.45) is 11.5 Å². The Hall–Kier alpha value is -4.65. The summed E-state index contributed by atoms with van der Waals surface area (Å²) < 4.78 is 9.97. The summed E-state index contributed by atoms with van der Waals surface area (Å²) in [7, 11) is 0. The maximum absolute atomic E-state index is 12.0. The van der Waals surface area contributed by atoms with Gasteiger partial charge in [-0.2, -0.15) is 0 Å². The quantitative estimate of drug-likeness (QED) is 0.143. The molecule has 0 aliphatic heterocycles. The molecule has 0 aliphatic carbocycles. The van der Waals surface area contributed by atoms with E-state index in [1.807, 2.05) is 12.1 Å². The van der Waals surface area contributed by atoms with Crippen LogP contribution >= 0.6 is 0 Å². The standard InChI is InChI=1S/C18H17NO6.C6H14N4O2/c20-16(21)11-19(17(22)24-12-14-7-3-1-4-8-14)18(23)25-13-15-9-5-2-6-10-15;7-4(5(11)12)2-1-3-10-6(8)9/h1-10H,11-13H2,(H,20,21);4H,1-3,7H2,(H,11,12)(H4,8,9,10)/t;4-/m.0/s1. The van der Waals surface area contributed by atoms with Gasteiger partial charge < -0.3 is 36.5 Å². The van der Waals surface area contributed by atoms with Crippen LogP contribution in [-0.4, -0.2) is 64.3 Å². The smallest absolute Gasteiger partial charge is 0.420 e. The van der Waals surface area contributed by atoms with Gasteiger partial charge in [0.25, 0.3) is 0 Å². The van der Waals surface area contributed by atoms with E-state index in [1.165, 1.54) is 0 Å². The van der Waals surface area contributed by atoms with Crippen molar-refractivity contribution in [3.05, 3.63) is 71.8 Å². The SMILES string of the molecule is N=C(N)NCCC[C@H](N)C(=O)O.O=C(O)CN(C(=O)OCc1ccccc1)C(=O)OCc1ccccc1. The van der Waals surface area contributed by atoms with E-state index in [4.69, 9.17) is 36.6 Å². The summed E-state index contributed by atoms with van der Waals surface area (Å²) in [6, 6.07) is 16.8. The van der Waals surface area contributed by atoms with Crippen molar-refractivity contribution in [3.63, 3.8) is 0 Å². The molecule has 37 heavy (non-hydrogen) atoms. The van der Waals surface area contributed by atoms with Gasteiger partial charge in [-0.05, 0) is 24.0 Å². The number of rotatable bonds is 11. The molecule has 8 N–H and O–H groups in total. The van der Waals surface area contributed by atoms with E-state index in [0.29, 0.717) is 35.4 Å². The van der Waals surface area contributed by atoms with Crippen LogP contribution in [0.2, 0.25) is 0 Å². The number of imide groups is 1. The second kappa shape index (κ2) is 16.9. The van der Waals surface area contributed by atoms with Gasteiger partial charge in [0, 0.05) is 6.54 Å². The zero-order valence-electron chi connectivity index (χ0n) is 20.0. The van der Waals surface area contributed by atoms with Crippen molar-refractivity contribution in [1.82, 2.24) is 10.2 Å². The summed E-state index contributed by atoms with van der Waals surface area (Å²) in [5.74, 6) is -2.47. The first-order chi connectivity index (χ1) is 17.6. The summed E-state index contributed by atoms with van der Waals surface area (Å²) in [6.07, 6.45) is -1.18. The lowest BCUT2D eigenvalue weighted by Crippen LogP contribution is -2.41. The molecule has 0 unspecified atom stereocenters. The fourth-order valence-electron chi connectivity index (χ4n) is 2.60. The van der Waals surface area contributed by atoms with E-state index in [-0.39, 0.29) is 19.2 Å². The average molecular weight is 518 g/mol. The Morgan fingerprint density at radius 3 is 1.73 bits per heavy atom. The topological polar surface area (TPSA) is 218 Å². The fourth-order valence-corrected chi connectivity index (χ4v) is 2.60. The first kappa shape index (κ1) is 30.4. The Kier molecular flexibility index (Phi) is 13.9. The van der Waals surface area contributed by atoms with Crippen LogP contribution in [-0.2, 0) is 32.3 Å². The number of aliphatic carboxylic acids is 2. The Morgan fingerprint density at radius 1 is 0.892 bits per heavy atom. The van der Waals surface area contributed by atoms with E-state index < -0.39 is 36.7 Å². The first-order valence-corrected chi connectivity index (χ1v) is 11.1. The number of nitrogens with two attached hydrogens (primary N) is 2. The van der Waals surface area contributed by atoms with Crippen LogP contribution in [0.3, 0.4) is 0 Å². The number of nitrogens with zero attached hydrogens (tertiary/aromatic N) is 1. The number of guanidine groups is 1. The molecule has 1 atom stereocenters. The van der Waals surface area contributed by atoms with E-state index in [2.05, 4.69) is 5.32 Å². The molecule has 0 bridgehead atoms. The molecule has 2 aromatic rings. The molecule has 0 aliphatic rings. The largest absolute Gasteiger partial charge is 0.480 e. The second-order valence-corrected chi connectivity index (χ2v) is 7.49. The third-order valence-electron chi connectivity index (χ3n) is 4.47. The van der Waals surface area contributed by atoms with Gasteiger partial charge >= 0.3 is 24.1 Å².